The molecule has 25 heavy (non-hydrogen) atoms. The zero-order valence-corrected chi connectivity index (χ0v) is 15.5. The van der Waals surface area contributed by atoms with E-state index in [2.05, 4.69) is 4.74 Å². The van der Waals surface area contributed by atoms with Crippen molar-refractivity contribution in [3.05, 3.63) is 28.4 Å². The highest BCUT2D eigenvalue weighted by Gasteiger charge is 2.36. The molecule has 1 N–H and O–H groups in total. The zero-order chi connectivity index (χ0) is 18.7. The van der Waals surface area contributed by atoms with E-state index in [1.807, 2.05) is 0 Å². The van der Waals surface area contributed by atoms with Crippen LogP contribution in [-0.2, 0) is 14.3 Å². The predicted molar refractivity (Wildman–Crippen MR) is 96.4 cm³/mol. The quantitative estimate of drug-likeness (QED) is 0.472. The van der Waals surface area contributed by atoms with E-state index in [9.17, 15) is 14.7 Å². The fourth-order valence-corrected chi connectivity index (χ4v) is 2.71. The summed E-state index contributed by atoms with van der Waals surface area (Å²) >= 11 is 11.2. The van der Waals surface area contributed by atoms with Gasteiger partial charge in [-0.2, -0.15) is 0 Å². The third-order valence-corrected chi connectivity index (χ3v) is 4.28. The Balaban J connectivity index is 2.47. The summed E-state index contributed by atoms with van der Waals surface area (Å²) in [6.07, 6.45) is 1.52. The number of methoxy groups -OCH3 is 1. The second-order valence-electron chi connectivity index (χ2n) is 5.12. The molecule has 1 aromatic rings. The minimum absolute atomic E-state index is 0.0821. The molecule has 1 amide bonds. The van der Waals surface area contributed by atoms with Crippen molar-refractivity contribution >= 4 is 46.9 Å². The highest BCUT2D eigenvalue weighted by atomic mass is 35.5. The lowest BCUT2D eigenvalue weighted by atomic mass is 10.1. The Kier molecular flexibility index (Phi) is 5.86. The molecule has 1 heterocycles. The van der Waals surface area contributed by atoms with Crippen LogP contribution < -0.4 is 4.74 Å². The van der Waals surface area contributed by atoms with Gasteiger partial charge in [0.05, 0.1) is 18.7 Å². The first-order chi connectivity index (χ1) is 11.8. The van der Waals surface area contributed by atoms with Gasteiger partial charge in [-0.05, 0) is 42.9 Å². The Labute approximate surface area is 155 Å². The number of benzene rings is 1. The SMILES string of the molecule is CCOc1cc(/C=C2\C(=O)N(C)C(=S)N2CC(=O)OC)cc(Cl)c1O. The Hall–Kier alpha value is -2.32. The van der Waals surface area contributed by atoms with Crippen LogP contribution in [0.5, 0.6) is 11.5 Å². The Morgan fingerprint density at radius 3 is 2.72 bits per heavy atom. The summed E-state index contributed by atoms with van der Waals surface area (Å²) in [7, 11) is 2.77. The number of rotatable bonds is 5. The number of likely N-dealkylation sites (N-methyl/N-ethyl adjacent to an activating group) is 1. The first kappa shape index (κ1) is 19.0. The van der Waals surface area contributed by atoms with E-state index in [0.717, 1.165) is 0 Å². The molecule has 0 radical (unpaired) electrons. The molecule has 1 aliphatic rings. The highest BCUT2D eigenvalue weighted by Crippen LogP contribution is 2.36. The standard InChI is InChI=1S/C16H17ClN2O5S/c1-4-24-12-7-9(5-10(17)14(12)21)6-11-15(22)18(2)16(25)19(11)8-13(20)23-3/h5-7,21H,4,8H2,1-3H3/b11-6+. The van der Waals surface area contributed by atoms with Crippen molar-refractivity contribution in [2.75, 3.05) is 27.3 Å². The number of thiocarbonyl (C=S) groups is 1. The van der Waals surface area contributed by atoms with Crippen molar-refractivity contribution < 1.29 is 24.2 Å². The molecule has 134 valence electrons. The molecule has 9 heteroatoms. The molecule has 0 aliphatic carbocycles. The van der Waals surface area contributed by atoms with Crippen LogP contribution in [0.3, 0.4) is 0 Å². The fraction of sp³-hybridized carbons (Fsp3) is 0.312. The number of ether oxygens (including phenoxy) is 2. The number of hydrogen-bond donors (Lipinski definition) is 1. The lowest BCUT2D eigenvalue weighted by Gasteiger charge is -2.17. The van der Waals surface area contributed by atoms with E-state index in [0.29, 0.717) is 12.2 Å². The topological polar surface area (TPSA) is 79.3 Å². The average Bonchev–Trinajstić information content (AvgIpc) is 2.77. The van der Waals surface area contributed by atoms with Crippen molar-refractivity contribution in [3.63, 3.8) is 0 Å². The minimum atomic E-state index is -0.532. The van der Waals surface area contributed by atoms with Gasteiger partial charge in [-0.25, -0.2) is 0 Å². The number of esters is 1. The average molecular weight is 385 g/mol. The number of carbonyl (C=O) groups excluding carboxylic acids is 2. The summed E-state index contributed by atoms with van der Waals surface area (Å²) in [6.45, 7) is 1.91. The van der Waals surface area contributed by atoms with Crippen LogP contribution in [0.1, 0.15) is 12.5 Å². The Morgan fingerprint density at radius 2 is 2.12 bits per heavy atom. The molecule has 2 rings (SSSR count). The number of halogens is 1. The van der Waals surface area contributed by atoms with E-state index >= 15 is 0 Å². The van der Waals surface area contributed by atoms with Gasteiger partial charge in [0.2, 0.25) is 0 Å². The van der Waals surface area contributed by atoms with Gasteiger partial charge in [-0.3, -0.25) is 14.5 Å². The summed E-state index contributed by atoms with van der Waals surface area (Å²) in [5.74, 6) is -0.878. The number of nitrogens with zero attached hydrogens (tertiary/aromatic N) is 2. The van der Waals surface area contributed by atoms with Crippen molar-refractivity contribution in [1.82, 2.24) is 9.80 Å². The molecular weight excluding hydrogens is 368 g/mol. The molecule has 0 aromatic heterocycles. The number of amides is 1. The van der Waals surface area contributed by atoms with Crippen molar-refractivity contribution in [3.8, 4) is 11.5 Å². The van der Waals surface area contributed by atoms with Gasteiger partial charge < -0.3 is 19.5 Å². The maximum Gasteiger partial charge on any atom is 0.325 e. The second kappa shape index (κ2) is 7.71. The van der Waals surface area contributed by atoms with E-state index in [1.54, 1.807) is 13.0 Å². The van der Waals surface area contributed by atoms with Crippen LogP contribution in [-0.4, -0.2) is 59.2 Å². The van der Waals surface area contributed by atoms with Crippen LogP contribution in [0, 0.1) is 0 Å². The van der Waals surface area contributed by atoms with Gasteiger partial charge in [0.1, 0.15) is 12.2 Å². The molecule has 0 unspecified atom stereocenters. The van der Waals surface area contributed by atoms with Crippen LogP contribution in [0.4, 0.5) is 0 Å². The van der Waals surface area contributed by atoms with E-state index in [4.69, 9.17) is 28.6 Å². The van der Waals surface area contributed by atoms with Crippen molar-refractivity contribution in [1.29, 1.82) is 0 Å². The highest BCUT2D eigenvalue weighted by molar-refractivity contribution is 7.80. The first-order valence-corrected chi connectivity index (χ1v) is 8.12. The Bertz CT molecular complexity index is 765. The third-order valence-electron chi connectivity index (χ3n) is 3.50. The van der Waals surface area contributed by atoms with Gasteiger partial charge in [0, 0.05) is 7.05 Å². The van der Waals surface area contributed by atoms with Gasteiger partial charge in [-0.1, -0.05) is 11.6 Å². The molecule has 1 aromatic carbocycles. The second-order valence-corrected chi connectivity index (χ2v) is 5.89. The lowest BCUT2D eigenvalue weighted by Crippen LogP contribution is -2.33. The van der Waals surface area contributed by atoms with Gasteiger partial charge >= 0.3 is 5.97 Å². The van der Waals surface area contributed by atoms with E-state index < -0.39 is 5.97 Å². The number of carbonyl (C=O) groups is 2. The number of hydrogen-bond acceptors (Lipinski definition) is 6. The maximum absolute atomic E-state index is 12.4. The molecule has 0 atom stereocenters. The number of phenolic OH excluding ortho intramolecular Hbond substituents is 1. The third kappa shape index (κ3) is 3.85. The smallest absolute Gasteiger partial charge is 0.325 e. The summed E-state index contributed by atoms with van der Waals surface area (Å²) in [4.78, 5) is 26.7. The van der Waals surface area contributed by atoms with Gasteiger partial charge in [0.15, 0.2) is 16.6 Å². The number of phenols is 1. The molecule has 1 fully saturated rings. The Morgan fingerprint density at radius 1 is 1.44 bits per heavy atom. The fourth-order valence-electron chi connectivity index (χ4n) is 2.24. The largest absolute Gasteiger partial charge is 0.503 e. The first-order valence-electron chi connectivity index (χ1n) is 7.33. The molecular formula is C16H17ClN2O5S. The maximum atomic E-state index is 12.4. The summed E-state index contributed by atoms with van der Waals surface area (Å²) < 4.78 is 9.97. The normalized spacial score (nSPS) is 15.9. The van der Waals surface area contributed by atoms with Crippen molar-refractivity contribution in [2.45, 2.75) is 6.92 Å². The number of aromatic hydroxyl groups is 1. The van der Waals surface area contributed by atoms with Gasteiger partial charge in [-0.15, -0.1) is 0 Å². The van der Waals surface area contributed by atoms with Crippen LogP contribution >= 0.6 is 23.8 Å². The minimum Gasteiger partial charge on any atom is -0.503 e. The van der Waals surface area contributed by atoms with Crippen LogP contribution in [0.25, 0.3) is 6.08 Å². The molecule has 1 saturated heterocycles. The van der Waals surface area contributed by atoms with Crippen LogP contribution in [0.2, 0.25) is 5.02 Å². The summed E-state index contributed by atoms with van der Waals surface area (Å²) in [5.41, 5.74) is 0.713. The zero-order valence-electron chi connectivity index (χ0n) is 13.9. The summed E-state index contributed by atoms with van der Waals surface area (Å²) in [5, 5.41) is 10.2. The monoisotopic (exact) mass is 384 g/mol. The predicted octanol–water partition coefficient (Wildman–Crippen LogP) is 2.02. The molecule has 0 bridgehead atoms. The molecule has 0 spiro atoms. The van der Waals surface area contributed by atoms with E-state index in [-0.39, 0.29) is 39.8 Å². The summed E-state index contributed by atoms with van der Waals surface area (Å²) in [6, 6.07) is 3.03. The van der Waals surface area contributed by atoms with Gasteiger partial charge in [0.25, 0.3) is 5.91 Å². The lowest BCUT2D eigenvalue weighted by molar-refractivity contribution is -0.140. The molecule has 0 saturated carbocycles. The van der Waals surface area contributed by atoms with E-state index in [1.165, 1.54) is 36.1 Å². The van der Waals surface area contributed by atoms with Crippen molar-refractivity contribution in [2.24, 2.45) is 0 Å². The molecule has 7 nitrogen and oxygen atoms in total. The molecule has 1 aliphatic heterocycles. The van der Waals surface area contributed by atoms with Crippen LogP contribution in [0.15, 0.2) is 17.8 Å².